The minimum Gasteiger partial charge on any atom is -0.496 e. The Labute approximate surface area is 104 Å². The fourth-order valence-electron chi connectivity index (χ4n) is 1.66. The molecule has 3 heteroatoms. The van der Waals surface area contributed by atoms with Gasteiger partial charge < -0.3 is 15.6 Å². The highest BCUT2D eigenvalue weighted by Gasteiger charge is 2.25. The normalized spacial score (nSPS) is 15.4. The van der Waals surface area contributed by atoms with E-state index in [0.29, 0.717) is 12.2 Å². The Bertz CT molecular complexity index is 357. The van der Waals surface area contributed by atoms with Crippen LogP contribution < -0.4 is 10.5 Å². The van der Waals surface area contributed by atoms with E-state index in [1.165, 1.54) is 0 Å². The van der Waals surface area contributed by atoms with Crippen LogP contribution in [0.3, 0.4) is 0 Å². The largest absolute Gasteiger partial charge is 0.496 e. The molecule has 0 spiro atoms. The Morgan fingerprint density at radius 2 is 1.88 bits per heavy atom. The van der Waals surface area contributed by atoms with Gasteiger partial charge in [-0.15, -0.1) is 0 Å². The molecule has 0 aliphatic carbocycles. The molecule has 3 nitrogen and oxygen atoms in total. The Morgan fingerprint density at radius 3 is 2.41 bits per heavy atom. The average molecular weight is 237 g/mol. The third kappa shape index (κ3) is 3.72. The van der Waals surface area contributed by atoms with Gasteiger partial charge in [-0.05, 0) is 17.9 Å². The van der Waals surface area contributed by atoms with Gasteiger partial charge >= 0.3 is 0 Å². The first-order chi connectivity index (χ1) is 7.86. The summed E-state index contributed by atoms with van der Waals surface area (Å²) in [5.74, 6) is 0.709. The van der Waals surface area contributed by atoms with Crippen LogP contribution in [0.5, 0.6) is 5.75 Å². The Morgan fingerprint density at radius 1 is 1.29 bits per heavy atom. The summed E-state index contributed by atoms with van der Waals surface area (Å²) in [4.78, 5) is 0. The first kappa shape index (κ1) is 14.0. The van der Waals surface area contributed by atoms with Gasteiger partial charge in [0.25, 0.3) is 0 Å². The smallest absolute Gasteiger partial charge is 0.124 e. The highest BCUT2D eigenvalue weighted by Crippen LogP contribution is 2.31. The van der Waals surface area contributed by atoms with E-state index in [2.05, 4.69) is 20.8 Å². The van der Waals surface area contributed by atoms with Gasteiger partial charge in [0.15, 0.2) is 0 Å². The van der Waals surface area contributed by atoms with Crippen LogP contribution in [0.4, 0.5) is 0 Å². The van der Waals surface area contributed by atoms with Gasteiger partial charge in [0.05, 0.1) is 13.2 Å². The minimum atomic E-state index is -0.583. The molecular formula is C14H23NO2. The molecule has 1 aromatic rings. The van der Waals surface area contributed by atoms with E-state index in [9.17, 15) is 5.11 Å². The molecule has 2 atom stereocenters. The van der Waals surface area contributed by atoms with Crippen LogP contribution >= 0.6 is 0 Å². The van der Waals surface area contributed by atoms with Gasteiger partial charge in [-0.1, -0.05) is 39.0 Å². The standard InChI is InChI=1S/C14H23NO2/c1-14(2,3)13(15)9-11(16)10-7-5-6-8-12(10)17-4/h5-8,11,13,16H,9,15H2,1-4H3/t11-,13+/m1/s1. The van der Waals surface area contributed by atoms with E-state index in [4.69, 9.17) is 10.5 Å². The van der Waals surface area contributed by atoms with Crippen LogP contribution in [-0.2, 0) is 0 Å². The Balaban J connectivity index is 2.79. The van der Waals surface area contributed by atoms with Gasteiger partial charge in [0.1, 0.15) is 5.75 Å². The van der Waals surface area contributed by atoms with Crippen LogP contribution in [0.25, 0.3) is 0 Å². The van der Waals surface area contributed by atoms with Crippen molar-refractivity contribution in [3.8, 4) is 5.75 Å². The van der Waals surface area contributed by atoms with Gasteiger partial charge in [-0.2, -0.15) is 0 Å². The number of para-hydroxylation sites is 1. The molecule has 0 fully saturated rings. The Hall–Kier alpha value is -1.06. The maximum Gasteiger partial charge on any atom is 0.124 e. The fraction of sp³-hybridized carbons (Fsp3) is 0.571. The van der Waals surface area contributed by atoms with Gasteiger partial charge in [0, 0.05) is 11.6 Å². The van der Waals surface area contributed by atoms with Crippen molar-refractivity contribution in [2.24, 2.45) is 11.1 Å². The second kappa shape index (κ2) is 5.52. The number of benzene rings is 1. The number of methoxy groups -OCH3 is 1. The molecule has 0 radical (unpaired) electrons. The molecule has 0 amide bonds. The first-order valence-corrected chi connectivity index (χ1v) is 5.93. The van der Waals surface area contributed by atoms with E-state index < -0.39 is 6.10 Å². The van der Waals surface area contributed by atoms with Crippen LogP contribution in [0.2, 0.25) is 0 Å². The number of nitrogens with two attached hydrogens (primary N) is 1. The molecule has 0 bridgehead atoms. The van der Waals surface area contributed by atoms with E-state index in [-0.39, 0.29) is 11.5 Å². The predicted octanol–water partition coefficient (Wildman–Crippen LogP) is 2.49. The van der Waals surface area contributed by atoms with Gasteiger partial charge in [-0.25, -0.2) is 0 Å². The summed E-state index contributed by atoms with van der Waals surface area (Å²) >= 11 is 0. The van der Waals surface area contributed by atoms with E-state index in [1.54, 1.807) is 7.11 Å². The minimum absolute atomic E-state index is 0.0109. The molecule has 3 N–H and O–H groups in total. The highest BCUT2D eigenvalue weighted by atomic mass is 16.5. The monoisotopic (exact) mass is 237 g/mol. The van der Waals surface area contributed by atoms with E-state index in [0.717, 1.165) is 5.56 Å². The molecule has 1 rings (SSSR count). The van der Waals surface area contributed by atoms with Crippen LogP contribution in [-0.4, -0.2) is 18.3 Å². The third-order valence-corrected chi connectivity index (χ3v) is 3.09. The quantitative estimate of drug-likeness (QED) is 0.846. The van der Waals surface area contributed by atoms with Gasteiger partial charge in [-0.3, -0.25) is 0 Å². The topological polar surface area (TPSA) is 55.5 Å². The lowest BCUT2D eigenvalue weighted by molar-refractivity contribution is 0.130. The summed E-state index contributed by atoms with van der Waals surface area (Å²) in [7, 11) is 1.61. The van der Waals surface area contributed by atoms with E-state index in [1.807, 2.05) is 24.3 Å². The van der Waals surface area contributed by atoms with Crippen molar-refractivity contribution in [1.82, 2.24) is 0 Å². The summed E-state index contributed by atoms with van der Waals surface area (Å²) in [6.45, 7) is 6.23. The number of aliphatic hydroxyl groups excluding tert-OH is 1. The van der Waals surface area contributed by atoms with Crippen LogP contribution in [0, 0.1) is 5.41 Å². The first-order valence-electron chi connectivity index (χ1n) is 5.93. The molecule has 1 aromatic carbocycles. The lowest BCUT2D eigenvalue weighted by Crippen LogP contribution is -2.36. The summed E-state index contributed by atoms with van der Waals surface area (Å²) in [5, 5.41) is 10.2. The summed E-state index contributed by atoms with van der Waals surface area (Å²) in [6.07, 6.45) is -0.0514. The van der Waals surface area contributed by atoms with Crippen molar-refractivity contribution in [2.45, 2.75) is 39.3 Å². The highest BCUT2D eigenvalue weighted by molar-refractivity contribution is 5.35. The van der Waals surface area contributed by atoms with Crippen molar-refractivity contribution in [3.63, 3.8) is 0 Å². The second-order valence-electron chi connectivity index (χ2n) is 5.47. The molecular weight excluding hydrogens is 214 g/mol. The third-order valence-electron chi connectivity index (χ3n) is 3.09. The molecule has 96 valence electrons. The molecule has 0 heterocycles. The Kier molecular flexibility index (Phi) is 4.54. The predicted molar refractivity (Wildman–Crippen MR) is 70.0 cm³/mol. The molecule has 17 heavy (non-hydrogen) atoms. The molecule has 0 aliphatic rings. The van der Waals surface area contributed by atoms with Crippen LogP contribution in [0.15, 0.2) is 24.3 Å². The van der Waals surface area contributed by atoms with Gasteiger partial charge in [0.2, 0.25) is 0 Å². The molecule has 0 aliphatic heterocycles. The van der Waals surface area contributed by atoms with Crippen LogP contribution in [0.1, 0.15) is 38.9 Å². The number of hydrogen-bond acceptors (Lipinski definition) is 3. The maximum atomic E-state index is 10.2. The lowest BCUT2D eigenvalue weighted by Gasteiger charge is -2.29. The molecule has 0 saturated heterocycles. The molecule has 0 saturated carbocycles. The maximum absolute atomic E-state index is 10.2. The van der Waals surface area contributed by atoms with E-state index >= 15 is 0 Å². The number of aliphatic hydroxyl groups is 1. The average Bonchev–Trinajstić information content (AvgIpc) is 2.27. The molecule has 0 aromatic heterocycles. The summed E-state index contributed by atoms with van der Waals surface area (Å²) in [5.41, 5.74) is 6.87. The zero-order chi connectivity index (χ0) is 13.1. The summed E-state index contributed by atoms with van der Waals surface area (Å²) in [6, 6.07) is 7.45. The van der Waals surface area contributed by atoms with Crippen molar-refractivity contribution in [2.75, 3.05) is 7.11 Å². The van der Waals surface area contributed by atoms with Crippen molar-refractivity contribution in [3.05, 3.63) is 29.8 Å². The number of rotatable bonds is 4. The zero-order valence-corrected chi connectivity index (χ0v) is 11.1. The lowest BCUT2D eigenvalue weighted by atomic mass is 9.83. The summed E-state index contributed by atoms with van der Waals surface area (Å²) < 4.78 is 5.23. The molecule has 0 unspecified atom stereocenters. The van der Waals surface area contributed by atoms with Crippen molar-refractivity contribution >= 4 is 0 Å². The van der Waals surface area contributed by atoms with Crippen molar-refractivity contribution < 1.29 is 9.84 Å². The second-order valence-corrected chi connectivity index (χ2v) is 5.47. The zero-order valence-electron chi connectivity index (χ0n) is 11.1. The fourth-order valence-corrected chi connectivity index (χ4v) is 1.66. The number of ether oxygens (including phenoxy) is 1. The SMILES string of the molecule is COc1ccccc1[C@H](O)C[C@H](N)C(C)(C)C. The number of hydrogen-bond donors (Lipinski definition) is 2. The van der Waals surface area contributed by atoms with Crippen molar-refractivity contribution in [1.29, 1.82) is 0 Å².